The van der Waals surface area contributed by atoms with Crippen LogP contribution in [0, 0.1) is 5.41 Å². The van der Waals surface area contributed by atoms with Gasteiger partial charge < -0.3 is 19.5 Å². The van der Waals surface area contributed by atoms with Crippen molar-refractivity contribution >= 4 is 5.91 Å². The maximum absolute atomic E-state index is 12.9. The molecule has 0 radical (unpaired) electrons. The van der Waals surface area contributed by atoms with Crippen LogP contribution in [0.15, 0.2) is 24.3 Å². The zero-order valence-corrected chi connectivity index (χ0v) is 15.1. The molecule has 6 nitrogen and oxygen atoms in total. The number of hydrogen-bond donors (Lipinski definition) is 1. The van der Waals surface area contributed by atoms with Crippen LogP contribution in [0.25, 0.3) is 0 Å². The van der Waals surface area contributed by atoms with E-state index in [1.807, 2.05) is 12.1 Å². The number of nitrogens with one attached hydrogen (secondary N) is 1. The Morgan fingerprint density at radius 2 is 2.16 bits per heavy atom. The molecule has 2 saturated heterocycles. The average molecular weight is 348 g/mol. The van der Waals surface area contributed by atoms with Crippen LogP contribution in [0.2, 0.25) is 0 Å². The molecule has 0 bridgehead atoms. The van der Waals surface area contributed by atoms with Crippen molar-refractivity contribution in [2.45, 2.75) is 25.5 Å². The van der Waals surface area contributed by atoms with Crippen LogP contribution in [0.1, 0.15) is 18.4 Å². The van der Waals surface area contributed by atoms with Crippen LogP contribution in [0.4, 0.5) is 0 Å². The molecule has 25 heavy (non-hydrogen) atoms. The number of likely N-dealkylation sites (tertiary alicyclic amines) is 1. The van der Waals surface area contributed by atoms with Gasteiger partial charge in [-0.15, -0.1) is 0 Å². The van der Waals surface area contributed by atoms with Gasteiger partial charge in [0.15, 0.2) is 0 Å². The summed E-state index contributed by atoms with van der Waals surface area (Å²) in [6, 6.07) is 8.13. The minimum atomic E-state index is -0.432. The van der Waals surface area contributed by atoms with E-state index in [9.17, 15) is 4.79 Å². The van der Waals surface area contributed by atoms with Crippen molar-refractivity contribution in [3.05, 3.63) is 29.8 Å². The van der Waals surface area contributed by atoms with Crippen molar-refractivity contribution in [1.82, 2.24) is 10.2 Å². The number of piperidine rings is 1. The number of ether oxygens (including phenoxy) is 3. The van der Waals surface area contributed by atoms with Gasteiger partial charge in [0.1, 0.15) is 5.75 Å². The van der Waals surface area contributed by atoms with E-state index in [1.165, 1.54) is 5.56 Å². The number of hydrogen-bond acceptors (Lipinski definition) is 5. The van der Waals surface area contributed by atoms with Crippen LogP contribution < -0.4 is 10.1 Å². The first kappa shape index (κ1) is 18.2. The Balaban J connectivity index is 1.66. The summed E-state index contributed by atoms with van der Waals surface area (Å²) in [5, 5.41) is 3.03. The molecular weight excluding hydrogens is 320 g/mol. The van der Waals surface area contributed by atoms with Gasteiger partial charge in [0.2, 0.25) is 5.91 Å². The summed E-state index contributed by atoms with van der Waals surface area (Å²) in [5.74, 6) is 0.965. The summed E-state index contributed by atoms with van der Waals surface area (Å²) in [5.41, 5.74) is 0.798. The van der Waals surface area contributed by atoms with Gasteiger partial charge in [-0.1, -0.05) is 12.1 Å². The quantitative estimate of drug-likeness (QED) is 0.756. The third kappa shape index (κ3) is 3.97. The van der Waals surface area contributed by atoms with Crippen LogP contribution in [0.5, 0.6) is 5.75 Å². The van der Waals surface area contributed by atoms with Crippen molar-refractivity contribution in [3.8, 4) is 5.75 Å². The van der Waals surface area contributed by atoms with E-state index >= 15 is 0 Å². The zero-order valence-electron chi connectivity index (χ0n) is 15.1. The number of carbonyl (C=O) groups excluding carboxylic acids is 1. The SMILES string of the molecule is COCCNC(=O)[C@@]12CCO[C@@H]1CCN(Cc1ccc(OC)cc1)C2. The van der Waals surface area contributed by atoms with E-state index in [2.05, 4.69) is 22.3 Å². The van der Waals surface area contributed by atoms with Gasteiger partial charge in [-0.05, 0) is 30.5 Å². The van der Waals surface area contributed by atoms with Crippen molar-refractivity contribution < 1.29 is 19.0 Å². The number of carbonyl (C=O) groups is 1. The minimum absolute atomic E-state index is 0.0298. The maximum atomic E-state index is 12.9. The molecule has 3 rings (SSSR count). The summed E-state index contributed by atoms with van der Waals surface area (Å²) < 4.78 is 16.1. The molecule has 1 amide bonds. The van der Waals surface area contributed by atoms with Crippen LogP contribution in [-0.4, -0.2) is 64.0 Å². The van der Waals surface area contributed by atoms with E-state index in [4.69, 9.17) is 14.2 Å². The molecule has 2 heterocycles. The third-order valence-corrected chi connectivity index (χ3v) is 5.31. The molecule has 6 heteroatoms. The summed E-state index contributed by atoms with van der Waals surface area (Å²) in [7, 11) is 3.31. The fourth-order valence-corrected chi connectivity index (χ4v) is 3.92. The summed E-state index contributed by atoms with van der Waals surface area (Å²) in [6.45, 7) is 4.26. The van der Waals surface area contributed by atoms with Gasteiger partial charge in [-0.3, -0.25) is 9.69 Å². The van der Waals surface area contributed by atoms with Gasteiger partial charge in [-0.2, -0.15) is 0 Å². The molecular formula is C19H28N2O4. The number of amides is 1. The standard InChI is InChI=1S/C19H28N2O4/c1-23-12-9-20-18(22)19-8-11-25-17(19)7-10-21(14-19)13-15-3-5-16(24-2)6-4-15/h3-6,17H,7-14H2,1-2H3,(H,20,22)/t17-,19-/m1/s1. The number of methoxy groups -OCH3 is 2. The van der Waals surface area contributed by atoms with Crippen molar-refractivity contribution in [1.29, 1.82) is 0 Å². The molecule has 2 atom stereocenters. The molecule has 0 aromatic heterocycles. The predicted octanol–water partition coefficient (Wildman–Crippen LogP) is 1.44. The number of nitrogens with zero attached hydrogens (tertiary/aromatic N) is 1. The highest BCUT2D eigenvalue weighted by molar-refractivity contribution is 5.84. The lowest BCUT2D eigenvalue weighted by atomic mass is 9.75. The molecule has 2 aliphatic rings. The average Bonchev–Trinajstić information content (AvgIpc) is 3.07. The van der Waals surface area contributed by atoms with Crippen molar-refractivity contribution in [2.75, 3.05) is 47.1 Å². The Hall–Kier alpha value is -1.63. The third-order valence-electron chi connectivity index (χ3n) is 5.31. The molecule has 2 aliphatic heterocycles. The van der Waals surface area contributed by atoms with E-state index in [0.717, 1.165) is 38.2 Å². The lowest BCUT2D eigenvalue weighted by molar-refractivity contribution is -0.139. The fraction of sp³-hybridized carbons (Fsp3) is 0.632. The number of benzene rings is 1. The van der Waals surface area contributed by atoms with E-state index in [-0.39, 0.29) is 12.0 Å². The molecule has 1 aromatic rings. The van der Waals surface area contributed by atoms with Gasteiger partial charge in [0.05, 0.1) is 25.2 Å². The van der Waals surface area contributed by atoms with Gasteiger partial charge in [0, 0.05) is 39.9 Å². The molecule has 1 aromatic carbocycles. The zero-order chi connectivity index (χ0) is 17.7. The Morgan fingerprint density at radius 1 is 1.36 bits per heavy atom. The van der Waals surface area contributed by atoms with E-state index in [0.29, 0.717) is 19.8 Å². The number of fused-ring (bicyclic) bond motifs is 1. The molecule has 1 N–H and O–H groups in total. The Bertz CT molecular complexity index is 577. The highest BCUT2D eigenvalue weighted by Crippen LogP contribution is 2.41. The highest BCUT2D eigenvalue weighted by atomic mass is 16.5. The lowest BCUT2D eigenvalue weighted by Gasteiger charge is -2.42. The van der Waals surface area contributed by atoms with Crippen LogP contribution in [0.3, 0.4) is 0 Å². The molecule has 0 aliphatic carbocycles. The van der Waals surface area contributed by atoms with Gasteiger partial charge in [-0.25, -0.2) is 0 Å². The number of rotatable bonds is 7. The summed E-state index contributed by atoms with van der Waals surface area (Å²) in [6.07, 6.45) is 1.71. The largest absolute Gasteiger partial charge is 0.497 e. The maximum Gasteiger partial charge on any atom is 0.230 e. The Kier molecular flexibility index (Phi) is 5.93. The van der Waals surface area contributed by atoms with E-state index in [1.54, 1.807) is 14.2 Å². The first-order valence-electron chi connectivity index (χ1n) is 8.92. The highest BCUT2D eigenvalue weighted by Gasteiger charge is 2.52. The van der Waals surface area contributed by atoms with Crippen molar-refractivity contribution in [3.63, 3.8) is 0 Å². The molecule has 138 valence electrons. The monoisotopic (exact) mass is 348 g/mol. The normalized spacial score (nSPS) is 26.2. The second-order valence-corrected chi connectivity index (χ2v) is 6.86. The first-order valence-corrected chi connectivity index (χ1v) is 8.92. The van der Waals surface area contributed by atoms with Crippen LogP contribution >= 0.6 is 0 Å². The molecule has 0 saturated carbocycles. The van der Waals surface area contributed by atoms with Gasteiger partial charge in [0.25, 0.3) is 0 Å². The molecule has 0 spiro atoms. The minimum Gasteiger partial charge on any atom is -0.497 e. The predicted molar refractivity (Wildman–Crippen MR) is 94.6 cm³/mol. The van der Waals surface area contributed by atoms with Crippen molar-refractivity contribution in [2.24, 2.45) is 5.41 Å². The smallest absolute Gasteiger partial charge is 0.230 e. The first-order chi connectivity index (χ1) is 12.2. The Morgan fingerprint density at radius 3 is 2.88 bits per heavy atom. The second kappa shape index (κ2) is 8.17. The summed E-state index contributed by atoms with van der Waals surface area (Å²) in [4.78, 5) is 15.2. The molecule has 0 unspecified atom stereocenters. The van der Waals surface area contributed by atoms with Crippen LogP contribution in [-0.2, 0) is 20.8 Å². The Labute approximate surface area is 149 Å². The lowest BCUT2D eigenvalue weighted by Crippen LogP contribution is -2.57. The van der Waals surface area contributed by atoms with E-state index < -0.39 is 5.41 Å². The fourth-order valence-electron chi connectivity index (χ4n) is 3.92. The topological polar surface area (TPSA) is 60.0 Å². The summed E-state index contributed by atoms with van der Waals surface area (Å²) >= 11 is 0. The van der Waals surface area contributed by atoms with Gasteiger partial charge >= 0.3 is 0 Å². The second-order valence-electron chi connectivity index (χ2n) is 6.86. The molecule has 2 fully saturated rings.